The number of hydrogen-bond acceptors (Lipinski definition) is 3. The van der Waals surface area contributed by atoms with Crippen LogP contribution < -0.4 is 5.32 Å². The van der Waals surface area contributed by atoms with Crippen molar-refractivity contribution in [2.75, 3.05) is 12.3 Å². The molecule has 1 aromatic rings. The molecule has 1 N–H and O–H groups in total. The standard InChI is InChI=1S/C13H19NO2S/c1-11-4-2-5-13(10-11)17(15,16)9-3-8-14-12-6-7-12/h2,4-5,10,12,14H,3,6-9H2,1H3. The van der Waals surface area contributed by atoms with Gasteiger partial charge in [0.15, 0.2) is 9.84 Å². The van der Waals surface area contributed by atoms with Gasteiger partial charge in [0.25, 0.3) is 0 Å². The van der Waals surface area contributed by atoms with Gasteiger partial charge in [-0.15, -0.1) is 0 Å². The van der Waals surface area contributed by atoms with Crippen molar-refractivity contribution >= 4 is 9.84 Å². The van der Waals surface area contributed by atoms with Crippen LogP contribution in [0.5, 0.6) is 0 Å². The summed E-state index contributed by atoms with van der Waals surface area (Å²) in [6.45, 7) is 2.71. The van der Waals surface area contributed by atoms with Gasteiger partial charge in [0, 0.05) is 6.04 Å². The van der Waals surface area contributed by atoms with E-state index in [2.05, 4.69) is 5.32 Å². The van der Waals surface area contributed by atoms with Crippen LogP contribution in [0.1, 0.15) is 24.8 Å². The van der Waals surface area contributed by atoms with Gasteiger partial charge in [0.1, 0.15) is 0 Å². The molecule has 2 rings (SSSR count). The average molecular weight is 253 g/mol. The van der Waals surface area contributed by atoms with Gasteiger partial charge in [0.2, 0.25) is 0 Å². The van der Waals surface area contributed by atoms with E-state index in [1.807, 2.05) is 13.0 Å². The number of hydrogen-bond donors (Lipinski definition) is 1. The fourth-order valence-electron chi connectivity index (χ4n) is 1.78. The van der Waals surface area contributed by atoms with E-state index in [9.17, 15) is 8.42 Å². The summed E-state index contributed by atoms with van der Waals surface area (Å²) in [5.41, 5.74) is 0.988. The van der Waals surface area contributed by atoms with Crippen molar-refractivity contribution < 1.29 is 8.42 Å². The van der Waals surface area contributed by atoms with Crippen molar-refractivity contribution in [3.63, 3.8) is 0 Å². The van der Waals surface area contributed by atoms with Crippen LogP contribution in [0.25, 0.3) is 0 Å². The lowest BCUT2D eigenvalue weighted by Crippen LogP contribution is -2.20. The van der Waals surface area contributed by atoms with Crippen molar-refractivity contribution in [2.45, 2.75) is 37.1 Å². The average Bonchev–Trinajstić information content (AvgIpc) is 3.08. The molecule has 4 heteroatoms. The monoisotopic (exact) mass is 253 g/mol. The third kappa shape index (κ3) is 3.82. The quantitative estimate of drug-likeness (QED) is 0.788. The zero-order valence-electron chi connectivity index (χ0n) is 10.1. The smallest absolute Gasteiger partial charge is 0.178 e. The first-order valence-corrected chi connectivity index (χ1v) is 7.76. The van der Waals surface area contributed by atoms with Gasteiger partial charge >= 0.3 is 0 Å². The summed E-state index contributed by atoms with van der Waals surface area (Å²) in [7, 11) is -3.10. The Kier molecular flexibility index (Phi) is 3.84. The van der Waals surface area contributed by atoms with Crippen LogP contribution in [0.4, 0.5) is 0 Å². The van der Waals surface area contributed by atoms with E-state index in [4.69, 9.17) is 0 Å². The molecule has 0 atom stereocenters. The zero-order valence-corrected chi connectivity index (χ0v) is 11.0. The van der Waals surface area contributed by atoms with E-state index in [1.54, 1.807) is 18.2 Å². The lowest BCUT2D eigenvalue weighted by molar-refractivity contribution is 0.588. The second-order valence-electron chi connectivity index (χ2n) is 4.72. The fraction of sp³-hybridized carbons (Fsp3) is 0.538. The molecule has 0 heterocycles. The number of aryl methyl sites for hydroxylation is 1. The minimum atomic E-state index is -3.10. The highest BCUT2D eigenvalue weighted by Gasteiger charge is 2.20. The van der Waals surface area contributed by atoms with Gasteiger partial charge < -0.3 is 5.32 Å². The topological polar surface area (TPSA) is 46.2 Å². The highest BCUT2D eigenvalue weighted by Crippen LogP contribution is 2.18. The summed E-state index contributed by atoms with van der Waals surface area (Å²) >= 11 is 0. The van der Waals surface area contributed by atoms with Crippen LogP contribution in [-0.2, 0) is 9.84 Å². The minimum absolute atomic E-state index is 0.232. The molecule has 3 nitrogen and oxygen atoms in total. The first kappa shape index (κ1) is 12.6. The first-order chi connectivity index (χ1) is 8.08. The Bertz CT molecular complexity index is 478. The Labute approximate surface area is 103 Å². The third-order valence-corrected chi connectivity index (χ3v) is 4.75. The molecular weight excluding hydrogens is 234 g/mol. The third-order valence-electron chi connectivity index (χ3n) is 2.95. The summed E-state index contributed by atoms with van der Waals surface area (Å²) in [5, 5.41) is 3.33. The van der Waals surface area contributed by atoms with Crippen molar-refractivity contribution in [3.8, 4) is 0 Å². The predicted octanol–water partition coefficient (Wildman–Crippen LogP) is 1.91. The van der Waals surface area contributed by atoms with Gasteiger partial charge in [-0.2, -0.15) is 0 Å². The highest BCUT2D eigenvalue weighted by molar-refractivity contribution is 7.91. The normalized spacial score (nSPS) is 16.1. The van der Waals surface area contributed by atoms with E-state index in [1.165, 1.54) is 12.8 Å². The minimum Gasteiger partial charge on any atom is -0.314 e. The molecule has 0 aromatic heterocycles. The molecule has 94 valence electrons. The molecule has 0 unspecified atom stereocenters. The molecule has 0 bridgehead atoms. The Morgan fingerprint density at radius 2 is 2.12 bits per heavy atom. The summed E-state index contributed by atoms with van der Waals surface area (Å²) in [5.74, 6) is 0.232. The van der Waals surface area contributed by atoms with Crippen LogP contribution in [-0.4, -0.2) is 26.8 Å². The molecule has 0 radical (unpaired) electrons. The molecule has 1 aromatic carbocycles. The van der Waals surface area contributed by atoms with Crippen molar-refractivity contribution in [1.82, 2.24) is 5.32 Å². The fourth-order valence-corrected chi connectivity index (χ4v) is 3.19. The summed E-state index contributed by atoms with van der Waals surface area (Å²) < 4.78 is 24.0. The van der Waals surface area contributed by atoms with E-state index >= 15 is 0 Å². The maximum Gasteiger partial charge on any atom is 0.178 e. The molecule has 1 fully saturated rings. The molecule has 0 spiro atoms. The number of benzene rings is 1. The van der Waals surface area contributed by atoms with Gasteiger partial charge in [0.05, 0.1) is 10.6 Å². The van der Waals surface area contributed by atoms with E-state index in [-0.39, 0.29) is 5.75 Å². The molecular formula is C13H19NO2S. The van der Waals surface area contributed by atoms with Crippen LogP contribution in [0, 0.1) is 6.92 Å². The van der Waals surface area contributed by atoms with Crippen molar-refractivity contribution in [2.24, 2.45) is 0 Å². The van der Waals surface area contributed by atoms with E-state index in [0.29, 0.717) is 17.4 Å². The SMILES string of the molecule is Cc1cccc(S(=O)(=O)CCCNC2CC2)c1. The van der Waals surface area contributed by atoms with Gasteiger partial charge in [-0.3, -0.25) is 0 Å². The first-order valence-electron chi connectivity index (χ1n) is 6.11. The number of rotatable bonds is 6. The number of nitrogens with one attached hydrogen (secondary N) is 1. The predicted molar refractivity (Wildman–Crippen MR) is 68.9 cm³/mol. The second kappa shape index (κ2) is 5.19. The van der Waals surface area contributed by atoms with Crippen LogP contribution in [0.2, 0.25) is 0 Å². The van der Waals surface area contributed by atoms with Gasteiger partial charge in [-0.1, -0.05) is 12.1 Å². The molecule has 1 aliphatic carbocycles. The van der Waals surface area contributed by atoms with Crippen LogP contribution in [0.3, 0.4) is 0 Å². The summed E-state index contributed by atoms with van der Waals surface area (Å²) in [6.07, 6.45) is 3.17. The number of sulfone groups is 1. The Balaban J connectivity index is 1.88. The van der Waals surface area contributed by atoms with Gasteiger partial charge in [-0.05, 0) is 50.4 Å². The van der Waals surface area contributed by atoms with E-state index < -0.39 is 9.84 Å². The van der Waals surface area contributed by atoms with E-state index in [0.717, 1.165) is 12.1 Å². The molecule has 0 aliphatic heterocycles. The summed E-state index contributed by atoms with van der Waals surface area (Å²) in [4.78, 5) is 0.448. The molecule has 1 aliphatic rings. The molecule has 17 heavy (non-hydrogen) atoms. The van der Waals surface area contributed by atoms with Gasteiger partial charge in [-0.25, -0.2) is 8.42 Å². The second-order valence-corrected chi connectivity index (χ2v) is 6.83. The maximum absolute atomic E-state index is 12.0. The Hall–Kier alpha value is -0.870. The van der Waals surface area contributed by atoms with Crippen molar-refractivity contribution in [1.29, 1.82) is 0 Å². The molecule has 0 amide bonds. The summed E-state index contributed by atoms with van der Waals surface area (Å²) in [6, 6.07) is 7.77. The lowest BCUT2D eigenvalue weighted by Gasteiger charge is -2.06. The maximum atomic E-state index is 12.0. The van der Waals surface area contributed by atoms with Crippen LogP contribution >= 0.6 is 0 Å². The highest BCUT2D eigenvalue weighted by atomic mass is 32.2. The molecule has 0 saturated heterocycles. The molecule has 1 saturated carbocycles. The Morgan fingerprint density at radius 3 is 2.76 bits per heavy atom. The lowest BCUT2D eigenvalue weighted by atomic mass is 10.2. The Morgan fingerprint density at radius 1 is 1.35 bits per heavy atom. The van der Waals surface area contributed by atoms with Crippen LogP contribution in [0.15, 0.2) is 29.2 Å². The van der Waals surface area contributed by atoms with Crippen molar-refractivity contribution in [3.05, 3.63) is 29.8 Å². The largest absolute Gasteiger partial charge is 0.314 e. The zero-order chi connectivity index (χ0) is 12.3.